The highest BCUT2D eigenvalue weighted by Gasteiger charge is 2.57. The van der Waals surface area contributed by atoms with E-state index < -0.39 is 11.4 Å². The Morgan fingerprint density at radius 2 is 2.00 bits per heavy atom. The molecule has 3 aliphatic rings. The number of allylic oxidation sites excluding steroid dienone is 4. The molecule has 0 aromatic rings. The largest absolute Gasteiger partial charge is 0.481 e. The van der Waals surface area contributed by atoms with E-state index in [1.165, 1.54) is 5.57 Å². The molecule has 0 spiro atoms. The maximum atomic E-state index is 12.6. The lowest BCUT2D eigenvalue weighted by Crippen LogP contribution is -2.53. The molecule has 1 saturated carbocycles. The van der Waals surface area contributed by atoms with Gasteiger partial charge in [0.1, 0.15) is 0 Å². The number of fused-ring (bicyclic) bond motifs is 3. The Kier molecular flexibility index (Phi) is 3.81. The number of rotatable bonds is 2. The van der Waals surface area contributed by atoms with Crippen LogP contribution in [0.15, 0.2) is 23.3 Å². The van der Waals surface area contributed by atoms with E-state index in [2.05, 4.69) is 32.9 Å². The van der Waals surface area contributed by atoms with Gasteiger partial charge in [-0.15, -0.1) is 0 Å². The fraction of sp³-hybridized carbons (Fsp3) is 0.700. The molecule has 2 unspecified atom stereocenters. The highest BCUT2D eigenvalue weighted by molar-refractivity contribution is 5.98. The van der Waals surface area contributed by atoms with Crippen molar-refractivity contribution in [1.82, 2.24) is 0 Å². The minimum atomic E-state index is -0.675. The molecule has 0 heterocycles. The Morgan fingerprint density at radius 3 is 2.61 bits per heavy atom. The van der Waals surface area contributed by atoms with Crippen LogP contribution in [0.2, 0.25) is 0 Å². The van der Waals surface area contributed by atoms with Crippen LogP contribution in [0.4, 0.5) is 0 Å². The molecule has 1 fully saturated rings. The van der Waals surface area contributed by atoms with Gasteiger partial charge in [0.2, 0.25) is 0 Å². The van der Waals surface area contributed by atoms with Crippen LogP contribution in [0, 0.1) is 28.6 Å². The van der Waals surface area contributed by atoms with Crippen molar-refractivity contribution in [2.75, 3.05) is 0 Å². The van der Waals surface area contributed by atoms with E-state index in [0.29, 0.717) is 6.42 Å². The second-order valence-corrected chi connectivity index (χ2v) is 8.51. The molecular formula is C20H28O3. The van der Waals surface area contributed by atoms with Crippen molar-refractivity contribution in [3.63, 3.8) is 0 Å². The summed E-state index contributed by atoms with van der Waals surface area (Å²) in [5.74, 6) is 0.148. The summed E-state index contributed by atoms with van der Waals surface area (Å²) in [5.41, 5.74) is 1.47. The Morgan fingerprint density at radius 1 is 1.30 bits per heavy atom. The number of ketones is 1. The van der Waals surface area contributed by atoms with E-state index >= 15 is 0 Å². The highest BCUT2D eigenvalue weighted by atomic mass is 16.4. The predicted octanol–water partition coefficient (Wildman–Crippen LogP) is 4.39. The van der Waals surface area contributed by atoms with Crippen molar-refractivity contribution < 1.29 is 14.7 Å². The second-order valence-electron chi connectivity index (χ2n) is 8.51. The molecule has 4 atom stereocenters. The van der Waals surface area contributed by atoms with Crippen molar-refractivity contribution in [2.45, 2.75) is 59.8 Å². The van der Waals surface area contributed by atoms with Crippen molar-refractivity contribution in [3.8, 4) is 0 Å². The van der Waals surface area contributed by atoms with Crippen LogP contribution in [0.1, 0.15) is 59.8 Å². The summed E-state index contributed by atoms with van der Waals surface area (Å²) in [6, 6.07) is 0. The number of Topliss-reactive ketones (excluding diaryl/α,β-unsaturated/α-hetero) is 1. The van der Waals surface area contributed by atoms with Gasteiger partial charge in [0.15, 0.2) is 5.78 Å². The molecule has 0 radical (unpaired) electrons. The van der Waals surface area contributed by atoms with Crippen molar-refractivity contribution in [3.05, 3.63) is 23.3 Å². The molecular weight excluding hydrogens is 288 g/mol. The molecule has 3 aliphatic carbocycles. The molecule has 1 N–H and O–H groups in total. The molecule has 0 saturated heterocycles. The Bertz CT molecular complexity index is 612. The topological polar surface area (TPSA) is 54.4 Å². The number of carbonyl (C=O) groups excluding carboxylic acids is 1. The number of aliphatic carboxylic acids is 1. The first-order chi connectivity index (χ1) is 10.7. The van der Waals surface area contributed by atoms with Gasteiger partial charge < -0.3 is 5.11 Å². The first-order valence-corrected chi connectivity index (χ1v) is 8.88. The number of carbonyl (C=O) groups is 2. The SMILES string of the molecule is CC(C)C1=CC2=CCC3[C@](C)(CCC[C@@]3(C)C(=O)O)C2CC1=O. The van der Waals surface area contributed by atoms with Gasteiger partial charge in [-0.25, -0.2) is 0 Å². The van der Waals surface area contributed by atoms with Gasteiger partial charge in [-0.05, 0) is 60.5 Å². The third kappa shape index (κ3) is 2.31. The van der Waals surface area contributed by atoms with Gasteiger partial charge in [0.05, 0.1) is 5.41 Å². The summed E-state index contributed by atoms with van der Waals surface area (Å²) < 4.78 is 0. The van der Waals surface area contributed by atoms with Gasteiger partial charge in [0, 0.05) is 6.42 Å². The Labute approximate surface area is 138 Å². The Balaban J connectivity index is 2.05. The van der Waals surface area contributed by atoms with Gasteiger partial charge in [-0.3, -0.25) is 9.59 Å². The molecule has 126 valence electrons. The van der Waals surface area contributed by atoms with Crippen LogP contribution >= 0.6 is 0 Å². The summed E-state index contributed by atoms with van der Waals surface area (Å²) in [4.78, 5) is 24.5. The minimum absolute atomic E-state index is 0.0792. The number of carboxylic acids is 1. The fourth-order valence-corrected chi connectivity index (χ4v) is 5.45. The van der Waals surface area contributed by atoms with Crippen LogP contribution in [-0.2, 0) is 9.59 Å². The first-order valence-electron chi connectivity index (χ1n) is 8.88. The number of hydrogen-bond donors (Lipinski definition) is 1. The van der Waals surface area contributed by atoms with Crippen molar-refractivity contribution in [2.24, 2.45) is 28.6 Å². The lowest BCUT2D eigenvalue weighted by molar-refractivity contribution is -0.162. The second kappa shape index (κ2) is 5.32. The smallest absolute Gasteiger partial charge is 0.309 e. The van der Waals surface area contributed by atoms with Gasteiger partial charge >= 0.3 is 5.97 Å². The normalized spacial score (nSPS) is 40.1. The van der Waals surface area contributed by atoms with Crippen molar-refractivity contribution in [1.29, 1.82) is 0 Å². The lowest BCUT2D eigenvalue weighted by Gasteiger charge is -2.56. The summed E-state index contributed by atoms with van der Waals surface area (Å²) in [6.45, 7) is 8.29. The number of carboxylic acid groups (broad SMARTS) is 1. The third-order valence-electron chi connectivity index (χ3n) is 6.91. The zero-order valence-corrected chi connectivity index (χ0v) is 14.7. The summed E-state index contributed by atoms with van der Waals surface area (Å²) >= 11 is 0. The van der Waals surface area contributed by atoms with Gasteiger partial charge in [-0.2, -0.15) is 0 Å². The van der Waals surface area contributed by atoms with E-state index in [1.807, 2.05) is 6.92 Å². The summed E-state index contributed by atoms with van der Waals surface area (Å²) in [5, 5.41) is 9.81. The zero-order chi connectivity index (χ0) is 17.0. The molecule has 0 aliphatic heterocycles. The van der Waals surface area contributed by atoms with Gasteiger partial charge in [0.25, 0.3) is 0 Å². The molecule has 23 heavy (non-hydrogen) atoms. The monoisotopic (exact) mass is 316 g/mol. The minimum Gasteiger partial charge on any atom is -0.481 e. The maximum Gasteiger partial charge on any atom is 0.309 e. The molecule has 0 amide bonds. The van der Waals surface area contributed by atoms with Crippen LogP contribution in [0.25, 0.3) is 0 Å². The first kappa shape index (κ1) is 16.5. The van der Waals surface area contributed by atoms with Crippen molar-refractivity contribution >= 4 is 11.8 Å². The predicted molar refractivity (Wildman–Crippen MR) is 89.9 cm³/mol. The fourth-order valence-electron chi connectivity index (χ4n) is 5.45. The molecule has 3 rings (SSSR count). The zero-order valence-electron chi connectivity index (χ0n) is 14.7. The van der Waals surface area contributed by atoms with E-state index in [1.54, 1.807) is 0 Å². The van der Waals surface area contributed by atoms with Gasteiger partial charge in [-0.1, -0.05) is 39.3 Å². The molecule has 3 heteroatoms. The summed E-state index contributed by atoms with van der Waals surface area (Å²) in [6.07, 6.45) is 8.42. The average Bonchev–Trinajstić information content (AvgIpc) is 2.46. The molecule has 0 aromatic carbocycles. The van der Waals surface area contributed by atoms with Crippen LogP contribution < -0.4 is 0 Å². The van der Waals surface area contributed by atoms with E-state index in [9.17, 15) is 14.7 Å². The lowest BCUT2D eigenvalue weighted by atomic mass is 9.47. The number of hydrogen-bond acceptors (Lipinski definition) is 2. The average molecular weight is 316 g/mol. The standard InChI is InChI=1S/C20H28O3/c1-12(2)14-10-13-6-7-17-19(3,15(13)11-16(14)21)8-5-9-20(17,4)18(22)23/h6,10,12,15,17H,5,7-9,11H2,1-4H3,(H,22,23)/t15?,17?,19-,20-/m1/s1. The quantitative estimate of drug-likeness (QED) is 0.822. The van der Waals surface area contributed by atoms with E-state index in [-0.39, 0.29) is 29.0 Å². The highest BCUT2D eigenvalue weighted by Crippen LogP contribution is 2.61. The van der Waals surface area contributed by atoms with Crippen LogP contribution in [0.5, 0.6) is 0 Å². The van der Waals surface area contributed by atoms with E-state index in [4.69, 9.17) is 0 Å². The van der Waals surface area contributed by atoms with Crippen LogP contribution in [0.3, 0.4) is 0 Å². The Hall–Kier alpha value is -1.38. The van der Waals surface area contributed by atoms with Crippen LogP contribution in [-0.4, -0.2) is 16.9 Å². The summed E-state index contributed by atoms with van der Waals surface area (Å²) in [7, 11) is 0. The molecule has 0 bridgehead atoms. The molecule has 0 aromatic heterocycles. The maximum absolute atomic E-state index is 12.6. The molecule has 3 nitrogen and oxygen atoms in total. The van der Waals surface area contributed by atoms with E-state index in [0.717, 1.165) is 31.3 Å². The third-order valence-corrected chi connectivity index (χ3v) is 6.91.